The first kappa shape index (κ1) is 17.6. The molecule has 1 aliphatic heterocycles. The monoisotopic (exact) mass is 340 g/mol. The number of thiazole rings is 1. The SMILES string of the molecule is CN=C(NCCCCc1nc(C)cs1)NCC1(C)CCCS1. The van der Waals surface area contributed by atoms with Crippen molar-refractivity contribution >= 4 is 29.1 Å². The molecule has 1 aromatic heterocycles. The summed E-state index contributed by atoms with van der Waals surface area (Å²) in [7, 11) is 1.85. The van der Waals surface area contributed by atoms with Crippen molar-refractivity contribution in [3.05, 3.63) is 16.1 Å². The van der Waals surface area contributed by atoms with Gasteiger partial charge in [0, 0.05) is 36.0 Å². The van der Waals surface area contributed by atoms with Crippen LogP contribution in [-0.2, 0) is 6.42 Å². The lowest BCUT2D eigenvalue weighted by Crippen LogP contribution is -2.43. The van der Waals surface area contributed by atoms with Crippen LogP contribution < -0.4 is 10.6 Å². The summed E-state index contributed by atoms with van der Waals surface area (Å²) in [6, 6.07) is 0. The molecular weight excluding hydrogens is 312 g/mol. The lowest BCUT2D eigenvalue weighted by atomic mass is 10.1. The minimum atomic E-state index is 0.375. The number of aromatic nitrogens is 1. The van der Waals surface area contributed by atoms with Crippen LogP contribution in [0.4, 0.5) is 0 Å². The molecule has 1 unspecified atom stereocenters. The van der Waals surface area contributed by atoms with Crippen LogP contribution >= 0.6 is 23.1 Å². The zero-order valence-electron chi connectivity index (χ0n) is 13.9. The number of hydrogen-bond acceptors (Lipinski definition) is 4. The highest BCUT2D eigenvalue weighted by molar-refractivity contribution is 8.00. The molecule has 6 heteroatoms. The first-order valence-electron chi connectivity index (χ1n) is 8.11. The highest BCUT2D eigenvalue weighted by Gasteiger charge is 2.29. The normalized spacial score (nSPS) is 22.0. The largest absolute Gasteiger partial charge is 0.356 e. The van der Waals surface area contributed by atoms with Crippen LogP contribution in [0.2, 0.25) is 0 Å². The lowest BCUT2D eigenvalue weighted by Gasteiger charge is -2.24. The van der Waals surface area contributed by atoms with Gasteiger partial charge in [0.05, 0.1) is 5.01 Å². The van der Waals surface area contributed by atoms with Crippen molar-refractivity contribution in [2.75, 3.05) is 25.9 Å². The molecule has 1 saturated heterocycles. The van der Waals surface area contributed by atoms with Gasteiger partial charge < -0.3 is 10.6 Å². The quantitative estimate of drug-likeness (QED) is 0.454. The average Bonchev–Trinajstić information content (AvgIpc) is 3.11. The summed E-state index contributed by atoms with van der Waals surface area (Å²) in [5, 5.41) is 10.3. The Bertz CT molecular complexity index is 478. The predicted octanol–water partition coefficient (Wildman–Crippen LogP) is 3.22. The van der Waals surface area contributed by atoms with Crippen molar-refractivity contribution in [3.63, 3.8) is 0 Å². The smallest absolute Gasteiger partial charge is 0.191 e. The highest BCUT2D eigenvalue weighted by atomic mass is 32.2. The maximum absolute atomic E-state index is 4.50. The topological polar surface area (TPSA) is 49.3 Å². The summed E-state index contributed by atoms with van der Waals surface area (Å²) >= 11 is 3.85. The highest BCUT2D eigenvalue weighted by Crippen LogP contribution is 2.36. The molecule has 2 rings (SSSR count). The van der Waals surface area contributed by atoms with E-state index in [-0.39, 0.29) is 0 Å². The second-order valence-corrected chi connectivity index (χ2v) is 8.72. The molecule has 1 aromatic rings. The summed E-state index contributed by atoms with van der Waals surface area (Å²) in [5.41, 5.74) is 1.14. The number of nitrogens with zero attached hydrogens (tertiary/aromatic N) is 2. The van der Waals surface area contributed by atoms with Gasteiger partial charge in [0.2, 0.25) is 0 Å². The molecule has 0 radical (unpaired) electrons. The number of hydrogen-bond donors (Lipinski definition) is 2. The van der Waals surface area contributed by atoms with Crippen molar-refractivity contribution < 1.29 is 0 Å². The van der Waals surface area contributed by atoms with E-state index in [0.29, 0.717) is 4.75 Å². The third kappa shape index (κ3) is 5.80. The Hall–Kier alpha value is -0.750. The van der Waals surface area contributed by atoms with Gasteiger partial charge >= 0.3 is 0 Å². The summed E-state index contributed by atoms with van der Waals surface area (Å²) in [6.45, 7) is 6.37. The average molecular weight is 341 g/mol. The number of thioether (sulfide) groups is 1. The van der Waals surface area contributed by atoms with Crippen molar-refractivity contribution in [2.45, 2.75) is 50.7 Å². The van der Waals surface area contributed by atoms with E-state index in [9.17, 15) is 0 Å². The van der Waals surface area contributed by atoms with E-state index in [1.54, 1.807) is 11.3 Å². The zero-order chi connectivity index (χ0) is 15.8. The van der Waals surface area contributed by atoms with Crippen LogP contribution in [0.5, 0.6) is 0 Å². The Morgan fingerprint density at radius 1 is 1.41 bits per heavy atom. The molecule has 22 heavy (non-hydrogen) atoms. The van der Waals surface area contributed by atoms with Crippen LogP contribution in [0.1, 0.15) is 43.3 Å². The Labute approximate surface area is 142 Å². The number of guanidine groups is 1. The Morgan fingerprint density at radius 2 is 2.27 bits per heavy atom. The van der Waals surface area contributed by atoms with Gasteiger partial charge in [-0.25, -0.2) is 4.98 Å². The molecule has 2 heterocycles. The van der Waals surface area contributed by atoms with Gasteiger partial charge in [-0.3, -0.25) is 4.99 Å². The van der Waals surface area contributed by atoms with E-state index in [4.69, 9.17) is 0 Å². The number of aliphatic imine (C=N–C) groups is 1. The van der Waals surface area contributed by atoms with E-state index in [1.807, 2.05) is 7.05 Å². The molecule has 0 aromatic carbocycles. The molecule has 1 atom stereocenters. The molecule has 124 valence electrons. The van der Waals surface area contributed by atoms with E-state index in [1.165, 1.54) is 30.0 Å². The Morgan fingerprint density at radius 3 is 2.91 bits per heavy atom. The molecule has 2 N–H and O–H groups in total. The second kappa shape index (κ2) is 8.77. The van der Waals surface area contributed by atoms with Crippen molar-refractivity contribution in [2.24, 2.45) is 4.99 Å². The second-order valence-electron chi connectivity index (χ2n) is 6.09. The lowest BCUT2D eigenvalue weighted by molar-refractivity contribution is 0.582. The van der Waals surface area contributed by atoms with Crippen LogP contribution in [0.25, 0.3) is 0 Å². The number of rotatable bonds is 7. The minimum absolute atomic E-state index is 0.375. The third-order valence-corrected chi connectivity index (χ3v) is 6.49. The molecular formula is C16H28N4S2. The van der Waals surface area contributed by atoms with Crippen molar-refractivity contribution in [1.29, 1.82) is 0 Å². The molecule has 0 bridgehead atoms. The summed E-state index contributed by atoms with van der Waals surface area (Å²) < 4.78 is 0.375. The summed E-state index contributed by atoms with van der Waals surface area (Å²) in [5.74, 6) is 2.22. The number of aryl methyl sites for hydroxylation is 2. The maximum Gasteiger partial charge on any atom is 0.191 e. The van der Waals surface area contributed by atoms with Gasteiger partial charge in [-0.15, -0.1) is 11.3 Å². The van der Waals surface area contributed by atoms with E-state index in [2.05, 4.69) is 51.6 Å². The van der Waals surface area contributed by atoms with Crippen LogP contribution in [0.15, 0.2) is 10.4 Å². The fraction of sp³-hybridized carbons (Fsp3) is 0.750. The first-order chi connectivity index (χ1) is 10.6. The van der Waals surface area contributed by atoms with Gasteiger partial charge in [-0.1, -0.05) is 0 Å². The fourth-order valence-corrected chi connectivity index (χ4v) is 4.66. The zero-order valence-corrected chi connectivity index (χ0v) is 15.6. The van der Waals surface area contributed by atoms with Gasteiger partial charge in [0.15, 0.2) is 5.96 Å². The Kier molecular flexibility index (Phi) is 7.02. The van der Waals surface area contributed by atoms with Crippen LogP contribution in [0, 0.1) is 6.92 Å². The van der Waals surface area contributed by atoms with Crippen molar-refractivity contribution in [3.8, 4) is 0 Å². The Balaban J connectivity index is 1.58. The third-order valence-electron chi connectivity index (χ3n) is 3.93. The summed E-state index contributed by atoms with van der Waals surface area (Å²) in [6.07, 6.45) is 6.04. The van der Waals surface area contributed by atoms with Gasteiger partial charge in [-0.2, -0.15) is 11.8 Å². The molecule has 1 fully saturated rings. The molecule has 1 aliphatic rings. The first-order valence-corrected chi connectivity index (χ1v) is 9.97. The maximum atomic E-state index is 4.50. The van der Waals surface area contributed by atoms with Gasteiger partial charge in [-0.05, 0) is 51.7 Å². The van der Waals surface area contributed by atoms with E-state index >= 15 is 0 Å². The predicted molar refractivity (Wildman–Crippen MR) is 99.3 cm³/mol. The number of nitrogens with one attached hydrogen (secondary N) is 2. The summed E-state index contributed by atoms with van der Waals surface area (Å²) in [4.78, 5) is 8.81. The molecule has 4 nitrogen and oxygen atoms in total. The van der Waals surface area contributed by atoms with Crippen molar-refractivity contribution in [1.82, 2.24) is 15.6 Å². The fourth-order valence-electron chi connectivity index (χ4n) is 2.59. The molecule has 0 amide bonds. The van der Waals surface area contributed by atoms with E-state index in [0.717, 1.165) is 37.6 Å². The molecule has 0 aliphatic carbocycles. The number of unbranched alkanes of at least 4 members (excludes halogenated alkanes) is 1. The standard InChI is InChI=1S/C16H28N4S2/c1-13-11-21-14(20-13)7-4-5-9-18-15(17-3)19-12-16(2)8-6-10-22-16/h11H,4-10,12H2,1-3H3,(H2,17,18,19). The molecule has 0 spiro atoms. The van der Waals surface area contributed by atoms with Crippen LogP contribution in [-0.4, -0.2) is 41.6 Å². The molecule has 0 saturated carbocycles. The van der Waals surface area contributed by atoms with Gasteiger partial charge in [0.1, 0.15) is 0 Å². The van der Waals surface area contributed by atoms with Gasteiger partial charge in [0.25, 0.3) is 0 Å². The van der Waals surface area contributed by atoms with Crippen LogP contribution in [0.3, 0.4) is 0 Å². The van der Waals surface area contributed by atoms with E-state index < -0.39 is 0 Å². The minimum Gasteiger partial charge on any atom is -0.356 e.